The van der Waals surface area contributed by atoms with Gasteiger partial charge in [0.15, 0.2) is 11.6 Å². The first-order valence-electron chi connectivity index (χ1n) is 9.27. The summed E-state index contributed by atoms with van der Waals surface area (Å²) in [7, 11) is 9.78. The molecule has 0 fully saturated rings. The summed E-state index contributed by atoms with van der Waals surface area (Å²) >= 11 is 3.68. The van der Waals surface area contributed by atoms with Gasteiger partial charge in [-0.1, -0.05) is 37.4 Å². The maximum atomic E-state index is 10.9. The molecule has 0 unspecified atom stereocenters. The Hall–Kier alpha value is -0.581. The van der Waals surface area contributed by atoms with Crippen LogP contribution < -0.4 is 4.74 Å². The Morgan fingerprint density at radius 2 is 1.42 bits per heavy atom. The van der Waals surface area contributed by atoms with Gasteiger partial charge in [0.25, 0.3) is 0 Å². The molecule has 0 amide bonds. The number of Topliss-reactive ketones (excluding diaryl/α,β-unsaturated/α-hetero) is 2. The van der Waals surface area contributed by atoms with Crippen molar-refractivity contribution in [3.05, 3.63) is 85.3 Å². The van der Waals surface area contributed by atoms with Gasteiger partial charge in [0.1, 0.15) is 11.5 Å². The fourth-order valence-electron chi connectivity index (χ4n) is 1.73. The van der Waals surface area contributed by atoms with E-state index in [1.165, 1.54) is 39.2 Å². The number of hydrogen-bond donors (Lipinski definition) is 1. The third kappa shape index (κ3) is 31.4. The van der Waals surface area contributed by atoms with Gasteiger partial charge in [0.2, 0.25) is 0 Å². The molecule has 2 aromatic rings. The van der Waals surface area contributed by atoms with Gasteiger partial charge in [-0.15, -0.1) is 24.0 Å². The molecule has 0 spiro atoms. The van der Waals surface area contributed by atoms with E-state index >= 15 is 0 Å². The summed E-state index contributed by atoms with van der Waals surface area (Å²) in [4.78, 5) is 39.7. The number of esters is 1. The van der Waals surface area contributed by atoms with Gasteiger partial charge in [-0.2, -0.15) is 1.37 Å². The SMILES string of the molecule is C=COC(C)=O.C=COc1cccc(C(C)=O)c1.CC(=O)c1cccc(O)c1.I.II.[2H][C-]=O.[Cl][Ir+][Cl]. The van der Waals surface area contributed by atoms with Crippen molar-refractivity contribution in [3.8, 4) is 11.5 Å². The number of phenolic OH excluding ortho intramolecular Hbond substituents is 1. The molecule has 2 aromatic carbocycles. The molecule has 0 aliphatic rings. The Balaban J connectivity index is -0.000000124. The van der Waals surface area contributed by atoms with Crippen LogP contribution in [0.3, 0.4) is 0 Å². The van der Waals surface area contributed by atoms with Crippen LogP contribution in [-0.2, 0) is 30.0 Å². The van der Waals surface area contributed by atoms with Crippen LogP contribution in [0.5, 0.6) is 11.5 Å². The van der Waals surface area contributed by atoms with Gasteiger partial charge >= 0.3 is 40.8 Å². The van der Waals surface area contributed by atoms with Crippen LogP contribution in [0.2, 0.25) is 0 Å². The molecule has 13 heteroatoms. The monoisotopic (exact) mass is 1060 g/mol. The Bertz CT molecular complexity index is 923. The van der Waals surface area contributed by atoms with Gasteiger partial charge < -0.3 is 19.4 Å². The van der Waals surface area contributed by atoms with E-state index in [-0.39, 0.29) is 47.3 Å². The second-order valence-corrected chi connectivity index (χ2v) is 8.76. The Morgan fingerprint density at radius 3 is 1.69 bits per heavy atom. The van der Waals surface area contributed by atoms with Crippen molar-refractivity contribution in [2.75, 3.05) is 0 Å². The number of ether oxygens (including phenoxy) is 2. The molecule has 0 radical (unpaired) electrons. The predicted octanol–water partition coefficient (Wildman–Crippen LogP) is 8.19. The molecule has 0 aromatic heterocycles. The fourth-order valence-corrected chi connectivity index (χ4v) is 1.73. The second kappa shape index (κ2) is 34.4. The van der Waals surface area contributed by atoms with E-state index in [4.69, 9.17) is 35.2 Å². The van der Waals surface area contributed by atoms with E-state index in [1.807, 2.05) is 0 Å². The number of carbonyl (C=O) groups is 3. The Kier molecular flexibility index (Phi) is 40.6. The van der Waals surface area contributed by atoms with E-state index in [9.17, 15) is 14.4 Å². The van der Waals surface area contributed by atoms with Gasteiger partial charge in [-0.05, 0) is 38.1 Å². The van der Waals surface area contributed by atoms with Crippen LogP contribution in [0.15, 0.2) is 74.2 Å². The molecular weight excluding hydrogens is 1030 g/mol. The number of aromatic hydroxyl groups is 1. The predicted molar refractivity (Wildman–Crippen MR) is 169 cm³/mol. The standard InChI is InChI=1S/C10H10O2.C8H8O2.C4H6O2.CHO.2ClH.I2.HI.Ir/c1-3-12-10-6-4-5-9(7-10)8(2)11;1-6(9)7-3-2-4-8(10)5-7;1-3-6-4(2)5;1-2;;;1-2;;/h3-7H,1H2,2H3;2-5,10H,1H3;3H,1H2,2H3;1H;2*1H;;1H;/q;;;-1;;;;;+3/p-2/i;;;1D;;;;;. The molecule has 7 nitrogen and oxygen atoms in total. The number of phenols is 1. The number of hydrogen-bond acceptors (Lipinski definition) is 7. The molecule has 0 atom stereocenters. The van der Waals surface area contributed by atoms with Crippen molar-refractivity contribution in [1.29, 1.82) is 0 Å². The molecule has 0 heterocycles. The number of ketones is 2. The van der Waals surface area contributed by atoms with Crippen molar-refractivity contribution < 1.29 is 50.8 Å². The van der Waals surface area contributed by atoms with Crippen LogP contribution in [0, 0.1) is 0 Å². The van der Waals surface area contributed by atoms with Crippen LogP contribution >= 0.6 is 80.4 Å². The van der Waals surface area contributed by atoms with Crippen LogP contribution in [0.1, 0.15) is 42.9 Å². The number of carbonyl (C=O) groups excluding carboxylic acids is 4. The topological polar surface area (TPSA) is 107 Å². The summed E-state index contributed by atoms with van der Waals surface area (Å²) < 4.78 is 14.6. The first kappa shape index (κ1) is 42.5. The van der Waals surface area contributed by atoms with E-state index in [0.717, 1.165) is 13.0 Å². The third-order valence-corrected chi connectivity index (χ3v) is 2.96. The summed E-state index contributed by atoms with van der Waals surface area (Å²) in [6.07, 6.45) is 2.43. The quantitative estimate of drug-likeness (QED) is 0.0805. The van der Waals surface area contributed by atoms with E-state index in [2.05, 4.69) is 55.1 Å². The zero-order valence-electron chi connectivity index (χ0n) is 20.3. The zero-order chi connectivity index (χ0) is 28.9. The van der Waals surface area contributed by atoms with Crippen molar-refractivity contribution in [3.63, 3.8) is 0 Å². The summed E-state index contributed by atoms with van der Waals surface area (Å²) in [5, 5.41) is 8.91. The zero-order valence-corrected chi connectivity index (χ0v) is 29.9. The summed E-state index contributed by atoms with van der Waals surface area (Å²) in [5.41, 5.74) is 1.19. The maximum absolute atomic E-state index is 10.9. The average molecular weight is 1060 g/mol. The molecule has 36 heavy (non-hydrogen) atoms. The molecule has 1 N–H and O–H groups in total. The van der Waals surface area contributed by atoms with Crippen LogP contribution in [0.4, 0.5) is 0 Å². The normalized spacial score (nSPS) is 7.92. The van der Waals surface area contributed by atoms with E-state index in [0.29, 0.717) is 16.9 Å². The molecular formula is C23H26Cl2I3IrO7. The number of benzene rings is 2. The molecule has 2 rings (SSSR count). The minimum absolute atomic E-state index is 0. The first-order chi connectivity index (χ1) is 17.0. The van der Waals surface area contributed by atoms with E-state index in [1.54, 1.807) is 36.4 Å². The minimum atomic E-state index is -0.556. The van der Waals surface area contributed by atoms with Gasteiger partial charge in [-0.3, -0.25) is 21.1 Å². The van der Waals surface area contributed by atoms with Gasteiger partial charge in [0, 0.05) is 55.3 Å². The third-order valence-electron chi connectivity index (χ3n) is 2.96. The Labute approximate surface area is 270 Å². The average Bonchev–Trinajstić information content (AvgIpc) is 2.82. The van der Waals surface area contributed by atoms with Crippen molar-refractivity contribution in [2.45, 2.75) is 20.8 Å². The van der Waals surface area contributed by atoms with Crippen molar-refractivity contribution in [2.24, 2.45) is 0 Å². The molecule has 0 bridgehead atoms. The summed E-state index contributed by atoms with van der Waals surface area (Å²) in [5.74, 6) is 0.441. The first-order valence-corrected chi connectivity index (χ1v) is 21.0. The van der Waals surface area contributed by atoms with Crippen molar-refractivity contribution in [1.82, 2.24) is 0 Å². The van der Waals surface area contributed by atoms with Gasteiger partial charge in [-0.25, -0.2) is 0 Å². The summed E-state index contributed by atoms with van der Waals surface area (Å²) in [6.45, 7) is 11.6. The van der Waals surface area contributed by atoms with E-state index < -0.39 is 15.7 Å². The molecule has 0 aliphatic carbocycles. The van der Waals surface area contributed by atoms with Crippen molar-refractivity contribution >= 4 is 105 Å². The number of halogens is 5. The molecule has 0 saturated heterocycles. The van der Waals surface area contributed by atoms with Crippen LogP contribution in [-0.4, -0.2) is 29.4 Å². The van der Waals surface area contributed by atoms with Gasteiger partial charge in [0.05, 0.1) is 12.5 Å². The summed E-state index contributed by atoms with van der Waals surface area (Å²) in [6, 6.07) is 13.3. The molecule has 0 saturated carbocycles. The molecule has 204 valence electrons. The second-order valence-electron chi connectivity index (χ2n) is 5.30. The number of rotatable bonds is 5. The molecule has 0 aliphatic heterocycles. The Morgan fingerprint density at radius 1 is 1.00 bits per heavy atom. The fraction of sp³-hybridized carbons (Fsp3) is 0.130. The van der Waals surface area contributed by atoms with Crippen LogP contribution in [0.25, 0.3) is 0 Å².